The Morgan fingerprint density at radius 1 is 1.60 bits per heavy atom. The molecule has 0 aliphatic heterocycles. The van der Waals surface area contributed by atoms with E-state index in [4.69, 9.17) is 0 Å². The second kappa shape index (κ2) is 7.40. The lowest BCUT2D eigenvalue weighted by atomic mass is 9.97. The molecule has 0 saturated carbocycles. The summed E-state index contributed by atoms with van der Waals surface area (Å²) in [6.07, 6.45) is 5.16. The number of carbonyl (C=O) groups is 1. The molecule has 6 nitrogen and oxygen atoms in total. The monoisotopic (exact) mass is 282 g/mol. The summed E-state index contributed by atoms with van der Waals surface area (Å²) in [5.41, 5.74) is -0.869. The fraction of sp³-hybridized carbons (Fsp3) is 0.714. The molecule has 1 unspecified atom stereocenters. The third-order valence-corrected chi connectivity index (χ3v) is 3.56. The topological polar surface area (TPSA) is 70.4 Å². The van der Waals surface area contributed by atoms with Crippen molar-refractivity contribution in [3.05, 3.63) is 18.2 Å². The Balaban J connectivity index is 2.50. The van der Waals surface area contributed by atoms with Crippen LogP contribution in [0.3, 0.4) is 0 Å². The first-order valence-corrected chi connectivity index (χ1v) is 7.02. The summed E-state index contributed by atoms with van der Waals surface area (Å²) >= 11 is 0. The molecule has 0 spiro atoms. The first kappa shape index (κ1) is 16.7. The van der Waals surface area contributed by atoms with E-state index >= 15 is 0 Å². The Morgan fingerprint density at radius 3 is 2.80 bits per heavy atom. The fourth-order valence-corrected chi connectivity index (χ4v) is 1.96. The minimum atomic E-state index is -0.869. The zero-order valence-corrected chi connectivity index (χ0v) is 12.9. The number of carboxylic acids is 1. The van der Waals surface area contributed by atoms with Gasteiger partial charge in [-0.15, -0.1) is 0 Å². The molecule has 0 aliphatic carbocycles. The molecule has 0 amide bonds. The van der Waals surface area contributed by atoms with Crippen LogP contribution in [-0.4, -0.2) is 51.2 Å². The average Bonchev–Trinajstić information content (AvgIpc) is 2.79. The van der Waals surface area contributed by atoms with Crippen LogP contribution in [0.2, 0.25) is 0 Å². The van der Waals surface area contributed by atoms with E-state index in [9.17, 15) is 9.90 Å². The van der Waals surface area contributed by atoms with Crippen LogP contribution in [0.1, 0.15) is 32.5 Å². The van der Waals surface area contributed by atoms with Gasteiger partial charge in [-0.2, -0.15) is 0 Å². The van der Waals surface area contributed by atoms with Gasteiger partial charge in [0.1, 0.15) is 11.4 Å². The van der Waals surface area contributed by atoms with E-state index in [0.29, 0.717) is 26.1 Å². The molecular formula is C14H26N4O2. The van der Waals surface area contributed by atoms with Crippen LogP contribution in [0.5, 0.6) is 0 Å². The predicted molar refractivity (Wildman–Crippen MR) is 78.5 cm³/mol. The van der Waals surface area contributed by atoms with Gasteiger partial charge in [-0.25, -0.2) is 4.98 Å². The summed E-state index contributed by atoms with van der Waals surface area (Å²) in [4.78, 5) is 17.8. The number of hydrogen-bond acceptors (Lipinski definition) is 4. The van der Waals surface area contributed by atoms with E-state index in [0.717, 1.165) is 12.2 Å². The highest BCUT2D eigenvalue weighted by Crippen LogP contribution is 2.12. The molecule has 0 bridgehead atoms. The van der Waals surface area contributed by atoms with E-state index < -0.39 is 11.5 Å². The van der Waals surface area contributed by atoms with Crippen molar-refractivity contribution in [1.29, 1.82) is 0 Å². The second-order valence-electron chi connectivity index (χ2n) is 5.51. The number of imidazole rings is 1. The molecule has 20 heavy (non-hydrogen) atoms. The smallest absolute Gasteiger partial charge is 0.323 e. The largest absolute Gasteiger partial charge is 0.480 e. The van der Waals surface area contributed by atoms with Gasteiger partial charge >= 0.3 is 5.97 Å². The van der Waals surface area contributed by atoms with Crippen molar-refractivity contribution in [2.24, 2.45) is 7.05 Å². The quantitative estimate of drug-likeness (QED) is 0.709. The third kappa shape index (κ3) is 4.61. The number of aliphatic carboxylic acids is 1. The van der Waals surface area contributed by atoms with Gasteiger partial charge in [0.05, 0.1) is 6.54 Å². The fourth-order valence-electron chi connectivity index (χ4n) is 1.96. The lowest BCUT2D eigenvalue weighted by molar-refractivity contribution is -0.144. The number of aryl methyl sites for hydroxylation is 1. The Hall–Kier alpha value is -1.40. The molecule has 1 aromatic heterocycles. The molecule has 1 atom stereocenters. The van der Waals surface area contributed by atoms with Crippen LogP contribution in [0.25, 0.3) is 0 Å². The van der Waals surface area contributed by atoms with Crippen molar-refractivity contribution < 1.29 is 9.90 Å². The molecule has 1 heterocycles. The van der Waals surface area contributed by atoms with Gasteiger partial charge in [0.2, 0.25) is 0 Å². The van der Waals surface area contributed by atoms with Crippen molar-refractivity contribution in [1.82, 2.24) is 19.8 Å². The van der Waals surface area contributed by atoms with Gasteiger partial charge < -0.3 is 15.0 Å². The van der Waals surface area contributed by atoms with Crippen LogP contribution in [-0.2, 0) is 18.4 Å². The zero-order chi connectivity index (χ0) is 15.2. The number of carboxylic acid groups (broad SMARTS) is 1. The average molecular weight is 282 g/mol. The zero-order valence-electron chi connectivity index (χ0n) is 12.9. The summed E-state index contributed by atoms with van der Waals surface area (Å²) in [6.45, 7) is 5.91. The molecule has 0 aromatic carbocycles. The van der Waals surface area contributed by atoms with Crippen LogP contribution in [0.15, 0.2) is 12.4 Å². The molecule has 6 heteroatoms. The summed E-state index contributed by atoms with van der Waals surface area (Å²) < 4.78 is 1.97. The first-order valence-electron chi connectivity index (χ1n) is 7.02. The van der Waals surface area contributed by atoms with Crippen molar-refractivity contribution in [2.75, 3.05) is 20.1 Å². The SMILES string of the molecule is CCCNC(C)(CCN(C)Cc1nccn1C)C(=O)O. The van der Waals surface area contributed by atoms with E-state index in [1.807, 2.05) is 31.8 Å². The standard InChI is InChI=1S/C14H26N4O2/c1-5-7-16-14(2,13(19)20)6-9-17(3)11-12-15-8-10-18(12)4/h8,10,16H,5-7,9,11H2,1-4H3,(H,19,20). The van der Waals surface area contributed by atoms with Crippen molar-refractivity contribution in [2.45, 2.75) is 38.8 Å². The van der Waals surface area contributed by atoms with Gasteiger partial charge in [0.25, 0.3) is 0 Å². The lowest BCUT2D eigenvalue weighted by Crippen LogP contribution is -2.51. The Bertz CT molecular complexity index is 433. The first-order chi connectivity index (χ1) is 9.39. The summed E-state index contributed by atoms with van der Waals surface area (Å²) in [6, 6.07) is 0. The van der Waals surface area contributed by atoms with E-state index in [1.54, 1.807) is 13.1 Å². The van der Waals surface area contributed by atoms with E-state index in [1.165, 1.54) is 0 Å². The number of hydrogen-bond donors (Lipinski definition) is 2. The molecular weight excluding hydrogens is 256 g/mol. The predicted octanol–water partition coefficient (Wildman–Crippen LogP) is 1.08. The van der Waals surface area contributed by atoms with Crippen LogP contribution >= 0.6 is 0 Å². The van der Waals surface area contributed by atoms with E-state index in [-0.39, 0.29) is 0 Å². The lowest BCUT2D eigenvalue weighted by Gasteiger charge is -2.28. The third-order valence-electron chi connectivity index (χ3n) is 3.56. The van der Waals surface area contributed by atoms with Gasteiger partial charge in [0.15, 0.2) is 0 Å². The van der Waals surface area contributed by atoms with Crippen LogP contribution in [0.4, 0.5) is 0 Å². The molecule has 1 aromatic rings. The normalized spacial score (nSPS) is 14.4. The maximum atomic E-state index is 11.4. The number of rotatable bonds is 9. The van der Waals surface area contributed by atoms with Crippen molar-refractivity contribution >= 4 is 5.97 Å². The minimum absolute atomic E-state index is 0.559. The molecule has 2 N–H and O–H groups in total. The number of nitrogens with zero attached hydrogens (tertiary/aromatic N) is 3. The molecule has 0 saturated heterocycles. The number of aromatic nitrogens is 2. The second-order valence-corrected chi connectivity index (χ2v) is 5.51. The van der Waals surface area contributed by atoms with Gasteiger partial charge in [-0.05, 0) is 33.4 Å². The Kier molecular flexibility index (Phi) is 6.16. The summed E-state index contributed by atoms with van der Waals surface area (Å²) in [5, 5.41) is 12.5. The van der Waals surface area contributed by atoms with E-state index in [2.05, 4.69) is 15.2 Å². The Morgan fingerprint density at radius 2 is 2.30 bits per heavy atom. The Labute approximate surface area is 120 Å². The molecule has 0 radical (unpaired) electrons. The number of nitrogens with one attached hydrogen (secondary N) is 1. The van der Waals surface area contributed by atoms with Crippen molar-refractivity contribution in [3.8, 4) is 0 Å². The molecule has 114 valence electrons. The molecule has 1 rings (SSSR count). The molecule has 0 fully saturated rings. The highest BCUT2D eigenvalue weighted by atomic mass is 16.4. The van der Waals surface area contributed by atoms with Crippen molar-refractivity contribution in [3.63, 3.8) is 0 Å². The molecule has 0 aliphatic rings. The highest BCUT2D eigenvalue weighted by Gasteiger charge is 2.32. The maximum absolute atomic E-state index is 11.4. The van der Waals surface area contributed by atoms with Gasteiger partial charge in [-0.1, -0.05) is 6.92 Å². The summed E-state index contributed by atoms with van der Waals surface area (Å²) in [5.74, 6) is 0.183. The van der Waals surface area contributed by atoms with Crippen LogP contribution < -0.4 is 5.32 Å². The minimum Gasteiger partial charge on any atom is -0.480 e. The van der Waals surface area contributed by atoms with Crippen LogP contribution in [0, 0.1) is 0 Å². The van der Waals surface area contributed by atoms with Gasteiger partial charge in [-0.3, -0.25) is 9.69 Å². The van der Waals surface area contributed by atoms with Gasteiger partial charge in [0, 0.05) is 26.0 Å². The summed E-state index contributed by atoms with van der Waals surface area (Å²) in [7, 11) is 3.94. The maximum Gasteiger partial charge on any atom is 0.323 e. The highest BCUT2D eigenvalue weighted by molar-refractivity contribution is 5.78.